The molecular formula is C27H27ClN2O5. The zero-order valence-corrected chi connectivity index (χ0v) is 20.7. The van der Waals surface area contributed by atoms with Crippen LogP contribution in [0.4, 0.5) is 0 Å². The lowest BCUT2D eigenvalue weighted by molar-refractivity contribution is 0.0772. The highest BCUT2D eigenvalue weighted by molar-refractivity contribution is 6.31. The first-order valence-corrected chi connectivity index (χ1v) is 11.6. The third-order valence-electron chi connectivity index (χ3n) is 6.06. The number of benzene rings is 2. The number of hydrogen-bond acceptors (Lipinski definition) is 5. The van der Waals surface area contributed by atoms with Crippen LogP contribution in [-0.2, 0) is 6.54 Å². The van der Waals surface area contributed by atoms with Crippen molar-refractivity contribution in [2.24, 2.45) is 0 Å². The lowest BCUT2D eigenvalue weighted by Gasteiger charge is -2.28. The number of rotatable bonds is 7. The summed E-state index contributed by atoms with van der Waals surface area (Å²) in [6.45, 7) is 1.24. The van der Waals surface area contributed by atoms with E-state index in [2.05, 4.69) is 0 Å². The molecule has 0 radical (unpaired) electrons. The molecular weight excluding hydrogens is 468 g/mol. The quantitative estimate of drug-likeness (QED) is 0.483. The Morgan fingerprint density at radius 3 is 2.31 bits per heavy atom. The van der Waals surface area contributed by atoms with E-state index in [0.29, 0.717) is 53.9 Å². The number of pyridine rings is 1. The van der Waals surface area contributed by atoms with E-state index >= 15 is 0 Å². The van der Waals surface area contributed by atoms with Crippen molar-refractivity contribution in [1.29, 1.82) is 0 Å². The molecule has 0 atom stereocenters. The molecule has 0 saturated carbocycles. The standard InChI is InChI=1S/C27H27ClN2O5/c1-33-21-14-23(34-2)26(24(15-21)35-3)18-10-12-29(13-11-18)27(32)20-8-9-25(31)30(17-20)16-19-6-4-5-7-22(19)28/h4-10,14-15,17H,11-13,16H2,1-3H3. The van der Waals surface area contributed by atoms with Crippen molar-refractivity contribution in [1.82, 2.24) is 9.47 Å². The summed E-state index contributed by atoms with van der Waals surface area (Å²) in [5.74, 6) is 1.81. The van der Waals surface area contributed by atoms with Crippen molar-refractivity contribution in [2.75, 3.05) is 34.4 Å². The Morgan fingerprint density at radius 1 is 1.00 bits per heavy atom. The average Bonchev–Trinajstić information content (AvgIpc) is 2.90. The Morgan fingerprint density at radius 2 is 1.71 bits per heavy atom. The number of ether oxygens (including phenoxy) is 3. The maximum absolute atomic E-state index is 13.2. The van der Waals surface area contributed by atoms with Crippen LogP contribution in [-0.4, -0.2) is 49.8 Å². The van der Waals surface area contributed by atoms with E-state index in [9.17, 15) is 9.59 Å². The molecule has 1 aliphatic heterocycles. The predicted octanol–water partition coefficient (Wildman–Crippen LogP) is 4.51. The van der Waals surface area contributed by atoms with Crippen molar-refractivity contribution < 1.29 is 19.0 Å². The third-order valence-corrected chi connectivity index (χ3v) is 6.43. The van der Waals surface area contributed by atoms with Crippen LogP contribution in [0.3, 0.4) is 0 Å². The highest BCUT2D eigenvalue weighted by Crippen LogP contribution is 2.40. The average molecular weight is 495 g/mol. The molecule has 7 nitrogen and oxygen atoms in total. The van der Waals surface area contributed by atoms with Crippen LogP contribution in [0.1, 0.15) is 27.9 Å². The van der Waals surface area contributed by atoms with Gasteiger partial charge >= 0.3 is 0 Å². The minimum Gasteiger partial charge on any atom is -0.496 e. The van der Waals surface area contributed by atoms with Crippen LogP contribution < -0.4 is 19.8 Å². The summed E-state index contributed by atoms with van der Waals surface area (Å²) in [5, 5.41) is 0.578. The number of nitrogens with zero attached hydrogens (tertiary/aromatic N) is 2. The fourth-order valence-corrected chi connectivity index (χ4v) is 4.37. The van der Waals surface area contributed by atoms with E-state index in [1.165, 1.54) is 10.6 Å². The molecule has 2 heterocycles. The van der Waals surface area contributed by atoms with E-state index in [1.54, 1.807) is 44.6 Å². The van der Waals surface area contributed by atoms with E-state index in [4.69, 9.17) is 25.8 Å². The van der Waals surface area contributed by atoms with Gasteiger partial charge in [-0.25, -0.2) is 0 Å². The van der Waals surface area contributed by atoms with Gasteiger partial charge in [0.25, 0.3) is 11.5 Å². The number of hydrogen-bond donors (Lipinski definition) is 0. The summed E-state index contributed by atoms with van der Waals surface area (Å²) >= 11 is 6.25. The number of halogens is 1. The van der Waals surface area contributed by atoms with E-state index in [1.807, 2.05) is 36.4 Å². The highest BCUT2D eigenvalue weighted by Gasteiger charge is 2.24. The fourth-order valence-electron chi connectivity index (χ4n) is 4.18. The van der Waals surface area contributed by atoms with Crippen molar-refractivity contribution in [2.45, 2.75) is 13.0 Å². The molecule has 0 N–H and O–H groups in total. The van der Waals surface area contributed by atoms with Crippen LogP contribution in [0.2, 0.25) is 5.02 Å². The van der Waals surface area contributed by atoms with Crippen LogP contribution in [0.25, 0.3) is 5.57 Å². The zero-order valence-electron chi connectivity index (χ0n) is 19.9. The van der Waals surface area contributed by atoms with Gasteiger partial charge in [0.2, 0.25) is 0 Å². The minimum absolute atomic E-state index is 0.137. The Balaban J connectivity index is 1.56. The minimum atomic E-state index is -0.194. The Hall–Kier alpha value is -3.71. The molecule has 1 aliphatic rings. The molecule has 3 aromatic rings. The normalized spacial score (nSPS) is 13.3. The number of methoxy groups -OCH3 is 3. The number of carbonyl (C=O) groups is 1. The molecule has 0 unspecified atom stereocenters. The Kier molecular flexibility index (Phi) is 7.46. The van der Waals surface area contributed by atoms with Gasteiger partial charge in [0.15, 0.2) is 0 Å². The van der Waals surface area contributed by atoms with Crippen molar-refractivity contribution in [3.63, 3.8) is 0 Å². The van der Waals surface area contributed by atoms with Crippen molar-refractivity contribution in [3.05, 3.63) is 92.9 Å². The van der Waals surface area contributed by atoms with Crippen molar-refractivity contribution >= 4 is 23.1 Å². The molecule has 0 fully saturated rings. The summed E-state index contributed by atoms with van der Waals surface area (Å²) in [4.78, 5) is 27.4. The van der Waals surface area contributed by atoms with Crippen LogP contribution in [0, 0.1) is 0 Å². The lowest BCUT2D eigenvalue weighted by atomic mass is 9.97. The Labute approximate surface area is 209 Å². The van der Waals surface area contributed by atoms with Gasteiger partial charge < -0.3 is 23.7 Å². The monoisotopic (exact) mass is 494 g/mol. The van der Waals surface area contributed by atoms with Gasteiger partial charge in [-0.2, -0.15) is 0 Å². The maximum atomic E-state index is 13.2. The van der Waals surface area contributed by atoms with Crippen LogP contribution in [0.15, 0.2) is 65.6 Å². The van der Waals surface area contributed by atoms with Gasteiger partial charge in [-0.1, -0.05) is 35.9 Å². The van der Waals surface area contributed by atoms with Gasteiger partial charge in [-0.3, -0.25) is 9.59 Å². The third kappa shape index (κ3) is 5.20. The first-order chi connectivity index (χ1) is 16.9. The number of aromatic nitrogens is 1. The number of amides is 1. The van der Waals surface area contributed by atoms with Gasteiger partial charge in [0.05, 0.1) is 39.0 Å². The largest absolute Gasteiger partial charge is 0.496 e. The second-order valence-corrected chi connectivity index (χ2v) is 8.52. The van der Waals surface area contributed by atoms with E-state index in [0.717, 1.165) is 16.7 Å². The molecule has 0 saturated heterocycles. The summed E-state index contributed by atoms with van der Waals surface area (Å²) in [6.07, 6.45) is 4.24. The summed E-state index contributed by atoms with van der Waals surface area (Å²) in [6, 6.07) is 14.0. The van der Waals surface area contributed by atoms with Crippen molar-refractivity contribution in [3.8, 4) is 17.2 Å². The van der Waals surface area contributed by atoms with Crippen LogP contribution in [0.5, 0.6) is 17.2 Å². The smallest absolute Gasteiger partial charge is 0.255 e. The van der Waals surface area contributed by atoms with Gasteiger partial charge in [0.1, 0.15) is 17.2 Å². The molecule has 8 heteroatoms. The lowest BCUT2D eigenvalue weighted by Crippen LogP contribution is -2.35. The maximum Gasteiger partial charge on any atom is 0.255 e. The topological polar surface area (TPSA) is 70.0 Å². The van der Waals surface area contributed by atoms with E-state index < -0.39 is 0 Å². The second-order valence-electron chi connectivity index (χ2n) is 8.11. The summed E-state index contributed by atoms with van der Waals surface area (Å²) in [5.41, 5.74) is 2.97. The molecule has 2 aromatic carbocycles. The molecule has 4 rings (SSSR count). The first kappa shape index (κ1) is 24.4. The summed E-state index contributed by atoms with van der Waals surface area (Å²) < 4.78 is 18.0. The fraction of sp³-hybridized carbons (Fsp3) is 0.259. The zero-order chi connectivity index (χ0) is 24.9. The SMILES string of the molecule is COc1cc(OC)c(C2=CCN(C(=O)c3ccc(=O)n(Cc4ccccc4Cl)c3)CC2)c(OC)c1. The number of carbonyl (C=O) groups excluding carboxylic acids is 1. The predicted molar refractivity (Wildman–Crippen MR) is 136 cm³/mol. The summed E-state index contributed by atoms with van der Waals surface area (Å²) in [7, 11) is 4.80. The molecule has 182 valence electrons. The Bertz CT molecular complexity index is 1310. The first-order valence-electron chi connectivity index (χ1n) is 11.2. The molecule has 0 bridgehead atoms. The molecule has 1 aromatic heterocycles. The van der Waals surface area contributed by atoms with Crippen LogP contribution >= 0.6 is 11.6 Å². The van der Waals surface area contributed by atoms with Gasteiger partial charge in [0, 0.05) is 42.5 Å². The molecule has 0 aliphatic carbocycles. The molecule has 1 amide bonds. The molecule has 0 spiro atoms. The van der Waals surface area contributed by atoms with Gasteiger partial charge in [-0.15, -0.1) is 0 Å². The van der Waals surface area contributed by atoms with E-state index in [-0.39, 0.29) is 11.5 Å². The molecule has 35 heavy (non-hydrogen) atoms. The highest BCUT2D eigenvalue weighted by atomic mass is 35.5. The van der Waals surface area contributed by atoms with Gasteiger partial charge in [-0.05, 0) is 29.7 Å². The second kappa shape index (κ2) is 10.7.